The summed E-state index contributed by atoms with van der Waals surface area (Å²) in [6.45, 7) is 10.4. The van der Waals surface area contributed by atoms with Gasteiger partial charge >= 0.3 is 0 Å². The van der Waals surface area contributed by atoms with Gasteiger partial charge in [0.15, 0.2) is 5.69 Å². The van der Waals surface area contributed by atoms with Gasteiger partial charge in [0.05, 0.1) is 11.4 Å². The molecule has 1 amide bonds. The van der Waals surface area contributed by atoms with Gasteiger partial charge in [-0.05, 0) is 51.0 Å². The van der Waals surface area contributed by atoms with Gasteiger partial charge in [0.1, 0.15) is 0 Å². The van der Waals surface area contributed by atoms with E-state index in [9.17, 15) is 9.59 Å². The molecule has 1 saturated carbocycles. The first-order valence-corrected chi connectivity index (χ1v) is 10.2. The predicted molar refractivity (Wildman–Crippen MR) is 113 cm³/mol. The summed E-state index contributed by atoms with van der Waals surface area (Å²) in [5, 5.41) is 9.91. The monoisotopic (exact) mass is 382 g/mol. The summed E-state index contributed by atoms with van der Waals surface area (Å²) in [7, 11) is 0. The van der Waals surface area contributed by atoms with E-state index in [0.717, 1.165) is 18.6 Å². The van der Waals surface area contributed by atoms with Crippen molar-refractivity contribution < 1.29 is 4.79 Å². The van der Waals surface area contributed by atoms with E-state index in [-0.39, 0.29) is 23.2 Å². The molecule has 6 nitrogen and oxygen atoms in total. The molecule has 2 aromatic rings. The van der Waals surface area contributed by atoms with E-state index >= 15 is 0 Å². The van der Waals surface area contributed by atoms with E-state index in [2.05, 4.69) is 36.4 Å². The minimum atomic E-state index is -0.376. The summed E-state index contributed by atoms with van der Waals surface area (Å²) in [5.74, 6) is 1.09. The lowest BCUT2D eigenvalue weighted by Gasteiger charge is -2.30. The molecule has 1 aliphatic carbocycles. The number of aromatic nitrogens is 2. The van der Waals surface area contributed by atoms with Gasteiger partial charge in [0.2, 0.25) is 0 Å². The summed E-state index contributed by atoms with van der Waals surface area (Å²) in [6, 6.07) is 6.96. The van der Waals surface area contributed by atoms with E-state index in [1.54, 1.807) is 18.2 Å². The molecular formula is C22H30N4O2. The number of carbonyl (C=O) groups is 1. The maximum absolute atomic E-state index is 12.9. The summed E-state index contributed by atoms with van der Waals surface area (Å²) in [5.41, 5.74) is 3.83. The van der Waals surface area contributed by atoms with Crippen molar-refractivity contribution in [3.05, 3.63) is 40.3 Å². The number of amides is 1. The Kier molecular flexibility index (Phi) is 5.96. The summed E-state index contributed by atoms with van der Waals surface area (Å²) < 4.78 is 1.37. The van der Waals surface area contributed by atoms with Gasteiger partial charge in [-0.2, -0.15) is 10.2 Å². The minimum absolute atomic E-state index is 0.139. The molecule has 1 aromatic carbocycles. The Labute approximate surface area is 166 Å². The van der Waals surface area contributed by atoms with Crippen LogP contribution in [0, 0.1) is 17.8 Å². The van der Waals surface area contributed by atoms with Gasteiger partial charge in [-0.15, -0.1) is 0 Å². The van der Waals surface area contributed by atoms with Crippen LogP contribution in [0.25, 0.3) is 10.8 Å². The fourth-order valence-electron chi connectivity index (χ4n) is 3.99. The average Bonchev–Trinajstić information content (AvgIpc) is 2.66. The van der Waals surface area contributed by atoms with Crippen LogP contribution in [0.15, 0.2) is 34.2 Å². The number of nitrogens with zero attached hydrogens (tertiary/aromatic N) is 3. The van der Waals surface area contributed by atoms with Crippen molar-refractivity contribution in [1.82, 2.24) is 15.2 Å². The Balaban J connectivity index is 1.97. The molecule has 0 radical (unpaired) electrons. The van der Waals surface area contributed by atoms with Crippen LogP contribution >= 0.6 is 0 Å². The number of hydrogen-bond acceptors (Lipinski definition) is 4. The predicted octanol–water partition coefficient (Wildman–Crippen LogP) is 4.16. The smallest absolute Gasteiger partial charge is 0.267 e. The maximum atomic E-state index is 12.9. The summed E-state index contributed by atoms with van der Waals surface area (Å²) in [6.07, 6.45) is 3.21. The van der Waals surface area contributed by atoms with E-state index in [0.29, 0.717) is 28.5 Å². The van der Waals surface area contributed by atoms with Crippen LogP contribution in [-0.4, -0.2) is 21.4 Å². The quantitative estimate of drug-likeness (QED) is 0.807. The lowest BCUT2D eigenvalue weighted by molar-refractivity contribution is 0.0948. The van der Waals surface area contributed by atoms with Gasteiger partial charge < -0.3 is 0 Å². The van der Waals surface area contributed by atoms with Crippen LogP contribution in [0.3, 0.4) is 0 Å². The van der Waals surface area contributed by atoms with Crippen LogP contribution in [0.1, 0.15) is 70.4 Å². The Morgan fingerprint density at radius 1 is 1.18 bits per heavy atom. The van der Waals surface area contributed by atoms with Gasteiger partial charge in [-0.3, -0.25) is 9.59 Å². The third-order valence-corrected chi connectivity index (χ3v) is 5.59. The summed E-state index contributed by atoms with van der Waals surface area (Å²) >= 11 is 0. The maximum Gasteiger partial charge on any atom is 0.292 e. The fourth-order valence-corrected chi connectivity index (χ4v) is 3.99. The normalized spacial score (nSPS) is 21.6. The van der Waals surface area contributed by atoms with Crippen LogP contribution in [-0.2, 0) is 0 Å². The largest absolute Gasteiger partial charge is 0.292 e. The molecule has 3 rings (SSSR count). The van der Waals surface area contributed by atoms with Crippen molar-refractivity contribution in [1.29, 1.82) is 0 Å². The topological polar surface area (TPSA) is 76.3 Å². The SMILES string of the molecule is CC(C)[C@@H]1CC[C@H](C)C/C1=N/NC(=O)c1nn(C(C)C)c(=O)c2ccccc12. The molecular weight excluding hydrogens is 352 g/mol. The first kappa shape index (κ1) is 20.2. The number of fused-ring (bicyclic) bond motifs is 1. The Morgan fingerprint density at radius 2 is 1.86 bits per heavy atom. The first-order valence-electron chi connectivity index (χ1n) is 10.2. The number of hydrazone groups is 1. The van der Waals surface area contributed by atoms with Crippen molar-refractivity contribution in [3.8, 4) is 0 Å². The molecule has 0 saturated heterocycles. The molecule has 1 aliphatic rings. The molecule has 1 heterocycles. The zero-order chi connectivity index (χ0) is 20.4. The molecule has 1 fully saturated rings. The first-order chi connectivity index (χ1) is 13.3. The van der Waals surface area contributed by atoms with Gasteiger partial charge in [0.25, 0.3) is 11.5 Å². The number of nitrogens with one attached hydrogen (secondary N) is 1. The Hall–Kier alpha value is -2.50. The van der Waals surface area contributed by atoms with Crippen molar-refractivity contribution in [3.63, 3.8) is 0 Å². The van der Waals surface area contributed by atoms with Gasteiger partial charge in [-0.25, -0.2) is 10.1 Å². The van der Waals surface area contributed by atoms with Crippen LogP contribution in [0.4, 0.5) is 0 Å². The summed E-state index contributed by atoms with van der Waals surface area (Å²) in [4.78, 5) is 25.6. The molecule has 0 spiro atoms. The van der Waals surface area contributed by atoms with Gasteiger partial charge in [-0.1, -0.05) is 39.0 Å². The molecule has 6 heteroatoms. The van der Waals surface area contributed by atoms with Crippen molar-refractivity contribution >= 4 is 22.4 Å². The number of carbonyl (C=O) groups excluding carboxylic acids is 1. The molecule has 2 atom stereocenters. The zero-order valence-corrected chi connectivity index (χ0v) is 17.4. The third kappa shape index (κ3) is 4.01. The highest BCUT2D eigenvalue weighted by molar-refractivity contribution is 6.05. The van der Waals surface area contributed by atoms with E-state index in [4.69, 9.17) is 0 Å². The minimum Gasteiger partial charge on any atom is -0.267 e. The Morgan fingerprint density at radius 3 is 2.50 bits per heavy atom. The van der Waals surface area contributed by atoms with Crippen LogP contribution in [0.5, 0.6) is 0 Å². The van der Waals surface area contributed by atoms with Crippen LogP contribution < -0.4 is 11.0 Å². The fraction of sp³-hybridized carbons (Fsp3) is 0.545. The molecule has 0 aliphatic heterocycles. The van der Waals surface area contributed by atoms with E-state index in [1.807, 2.05) is 19.9 Å². The van der Waals surface area contributed by atoms with Crippen molar-refractivity contribution in [2.45, 2.75) is 59.9 Å². The lowest BCUT2D eigenvalue weighted by Crippen LogP contribution is -2.33. The van der Waals surface area contributed by atoms with Crippen LogP contribution in [0.2, 0.25) is 0 Å². The highest BCUT2D eigenvalue weighted by Crippen LogP contribution is 2.31. The highest BCUT2D eigenvalue weighted by Gasteiger charge is 2.27. The molecule has 0 bridgehead atoms. The zero-order valence-electron chi connectivity index (χ0n) is 17.4. The molecule has 28 heavy (non-hydrogen) atoms. The second-order valence-corrected chi connectivity index (χ2v) is 8.52. The number of benzene rings is 1. The third-order valence-electron chi connectivity index (χ3n) is 5.59. The molecule has 150 valence electrons. The average molecular weight is 383 g/mol. The lowest BCUT2D eigenvalue weighted by atomic mass is 9.76. The highest BCUT2D eigenvalue weighted by atomic mass is 16.2. The van der Waals surface area contributed by atoms with Crippen molar-refractivity contribution in [2.75, 3.05) is 0 Å². The standard InChI is InChI=1S/C22H30N4O2/c1-13(2)16-11-10-15(5)12-19(16)23-24-21(27)20-17-8-6-7-9-18(17)22(28)26(25-20)14(3)4/h6-9,13-16H,10-12H2,1-5H3,(H,24,27)/b23-19-/t15-,16-/m0/s1. The number of rotatable bonds is 4. The number of hydrogen-bond donors (Lipinski definition) is 1. The van der Waals surface area contributed by atoms with Gasteiger partial charge in [0, 0.05) is 17.0 Å². The van der Waals surface area contributed by atoms with Crippen molar-refractivity contribution in [2.24, 2.45) is 22.9 Å². The van der Waals surface area contributed by atoms with E-state index < -0.39 is 0 Å². The Bertz CT molecular complexity index is 959. The molecule has 1 N–H and O–H groups in total. The second-order valence-electron chi connectivity index (χ2n) is 8.52. The molecule has 0 unspecified atom stereocenters. The second kappa shape index (κ2) is 8.25. The van der Waals surface area contributed by atoms with E-state index in [1.165, 1.54) is 11.1 Å². The molecule has 1 aromatic heterocycles.